The van der Waals surface area contributed by atoms with Gasteiger partial charge in [0.2, 0.25) is 0 Å². The molecule has 0 amide bonds. The Morgan fingerprint density at radius 3 is 1.62 bits per heavy atom. The van der Waals surface area contributed by atoms with Crippen LogP contribution in [0.4, 0.5) is 0 Å². The molecule has 0 spiro atoms. The zero-order valence-corrected chi connectivity index (χ0v) is 11.2. The molecule has 1 saturated carbocycles. The van der Waals surface area contributed by atoms with Gasteiger partial charge in [-0.1, -0.05) is 44.9 Å². The summed E-state index contributed by atoms with van der Waals surface area (Å²) in [7, 11) is 0. The lowest BCUT2D eigenvalue weighted by atomic mass is 9.99. The molecule has 95 valence electrons. The van der Waals surface area contributed by atoms with Gasteiger partial charge in [0.05, 0.1) is 5.60 Å². The lowest BCUT2D eigenvalue weighted by Crippen LogP contribution is -2.21. The summed E-state index contributed by atoms with van der Waals surface area (Å²) < 4.78 is 0. The lowest BCUT2D eigenvalue weighted by molar-refractivity contribution is -0.344. The van der Waals surface area contributed by atoms with Crippen molar-refractivity contribution in [3.63, 3.8) is 0 Å². The van der Waals surface area contributed by atoms with Crippen LogP contribution in [0.25, 0.3) is 0 Å². The van der Waals surface area contributed by atoms with Gasteiger partial charge in [-0.15, -0.1) is 0 Å². The molecule has 2 heteroatoms. The molecule has 0 aliphatic heterocycles. The summed E-state index contributed by atoms with van der Waals surface area (Å²) in [5, 5.41) is 0. The monoisotopic (exact) mass is 227 g/mol. The van der Waals surface area contributed by atoms with E-state index in [1.54, 1.807) is 0 Å². The van der Waals surface area contributed by atoms with Crippen molar-refractivity contribution in [3.8, 4) is 0 Å². The van der Waals surface area contributed by atoms with Crippen molar-refractivity contribution in [2.24, 2.45) is 0 Å². The first-order chi connectivity index (χ1) is 7.58. The Hall–Kier alpha value is -0.0800. The fourth-order valence-electron chi connectivity index (χ4n) is 1.92. The van der Waals surface area contributed by atoms with Gasteiger partial charge in [-0.2, -0.15) is 0 Å². The third-order valence-corrected chi connectivity index (χ3v) is 2.82. The highest BCUT2D eigenvalue weighted by molar-refractivity contribution is 4.77. The third kappa shape index (κ3) is 7.24. The van der Waals surface area contributed by atoms with Gasteiger partial charge in [-0.3, -0.25) is 0 Å². The minimum Gasteiger partial charge on any atom is -0.230 e. The van der Waals surface area contributed by atoms with E-state index in [4.69, 9.17) is 9.78 Å². The first-order valence-corrected chi connectivity index (χ1v) is 6.78. The van der Waals surface area contributed by atoms with E-state index in [0.717, 1.165) is 18.9 Å². The molecule has 0 bridgehead atoms. The molecule has 1 radical (unpaired) electrons. The van der Waals surface area contributed by atoms with Crippen LogP contribution in [0.15, 0.2) is 0 Å². The van der Waals surface area contributed by atoms with Gasteiger partial charge in [0.15, 0.2) is 0 Å². The summed E-state index contributed by atoms with van der Waals surface area (Å²) in [5.74, 6) is 0. The van der Waals surface area contributed by atoms with Crippen molar-refractivity contribution < 1.29 is 9.78 Å². The van der Waals surface area contributed by atoms with Gasteiger partial charge >= 0.3 is 0 Å². The number of hydrogen-bond acceptors (Lipinski definition) is 2. The van der Waals surface area contributed by atoms with E-state index in [1.165, 1.54) is 44.9 Å². The van der Waals surface area contributed by atoms with Crippen molar-refractivity contribution in [1.82, 2.24) is 0 Å². The first-order valence-electron chi connectivity index (χ1n) is 6.78. The predicted octanol–water partition coefficient (Wildman–Crippen LogP) is 4.79. The maximum atomic E-state index is 5.50. The molecule has 0 aromatic heterocycles. The molecule has 16 heavy (non-hydrogen) atoms. The Morgan fingerprint density at radius 2 is 1.19 bits per heavy atom. The smallest absolute Gasteiger partial charge is 0.135 e. The van der Waals surface area contributed by atoms with E-state index in [-0.39, 0.29) is 5.60 Å². The van der Waals surface area contributed by atoms with Crippen LogP contribution in [0.1, 0.15) is 78.6 Å². The van der Waals surface area contributed by atoms with Gasteiger partial charge in [-0.05, 0) is 33.6 Å². The number of rotatable bonds is 2. The first kappa shape index (κ1) is 14.0. The zero-order valence-electron chi connectivity index (χ0n) is 11.2. The Bertz CT molecular complexity index is 162. The van der Waals surface area contributed by atoms with E-state index in [0.29, 0.717) is 0 Å². The van der Waals surface area contributed by atoms with Gasteiger partial charge in [0.25, 0.3) is 0 Å². The van der Waals surface area contributed by atoms with Crippen LogP contribution in [-0.2, 0) is 9.78 Å². The van der Waals surface area contributed by atoms with E-state index in [2.05, 4.69) is 0 Å². The zero-order chi connectivity index (χ0) is 11.9. The van der Waals surface area contributed by atoms with Crippen molar-refractivity contribution in [3.05, 3.63) is 6.10 Å². The molecule has 1 aliphatic carbocycles. The minimum absolute atomic E-state index is 0.206. The van der Waals surface area contributed by atoms with Crippen molar-refractivity contribution >= 4 is 0 Å². The summed E-state index contributed by atoms with van der Waals surface area (Å²) in [4.78, 5) is 10.9. The minimum atomic E-state index is -0.206. The fraction of sp³-hybridized carbons (Fsp3) is 0.929. The molecule has 1 aliphatic rings. The molecule has 0 unspecified atom stereocenters. The second kappa shape index (κ2) is 7.29. The quantitative estimate of drug-likeness (QED) is 0.499. The highest BCUT2D eigenvalue weighted by Crippen LogP contribution is 2.25. The normalized spacial score (nSPS) is 21.9. The molecule has 0 aromatic rings. The molecule has 0 heterocycles. The van der Waals surface area contributed by atoms with Gasteiger partial charge in [0.1, 0.15) is 6.10 Å². The van der Waals surface area contributed by atoms with E-state index < -0.39 is 0 Å². The molecular formula is C14H27O2. The molecule has 0 atom stereocenters. The topological polar surface area (TPSA) is 18.5 Å². The summed E-state index contributed by atoms with van der Waals surface area (Å²) in [5.41, 5.74) is -0.206. The Balaban J connectivity index is 2.25. The lowest BCUT2D eigenvalue weighted by Gasteiger charge is -2.23. The van der Waals surface area contributed by atoms with Crippen LogP contribution in [0.2, 0.25) is 0 Å². The van der Waals surface area contributed by atoms with Crippen LogP contribution < -0.4 is 0 Å². The second-order valence-corrected chi connectivity index (χ2v) is 5.79. The van der Waals surface area contributed by atoms with E-state index >= 15 is 0 Å². The number of hydrogen-bond donors (Lipinski definition) is 0. The maximum Gasteiger partial charge on any atom is 0.135 e. The highest BCUT2D eigenvalue weighted by atomic mass is 17.2. The van der Waals surface area contributed by atoms with E-state index in [1.807, 2.05) is 20.8 Å². The molecule has 0 aromatic carbocycles. The van der Waals surface area contributed by atoms with Gasteiger partial charge in [0, 0.05) is 0 Å². The van der Waals surface area contributed by atoms with Crippen LogP contribution in [0.3, 0.4) is 0 Å². The predicted molar refractivity (Wildman–Crippen MR) is 66.7 cm³/mol. The molecular weight excluding hydrogens is 200 g/mol. The molecule has 1 fully saturated rings. The van der Waals surface area contributed by atoms with Gasteiger partial charge < -0.3 is 0 Å². The Kier molecular flexibility index (Phi) is 6.37. The maximum absolute atomic E-state index is 5.50. The molecule has 0 saturated heterocycles. The fourth-order valence-corrected chi connectivity index (χ4v) is 1.92. The van der Waals surface area contributed by atoms with Crippen LogP contribution in [0, 0.1) is 6.10 Å². The van der Waals surface area contributed by atoms with Crippen molar-refractivity contribution in [2.75, 3.05) is 0 Å². The largest absolute Gasteiger partial charge is 0.230 e. The van der Waals surface area contributed by atoms with Crippen LogP contribution in [0.5, 0.6) is 0 Å². The summed E-state index contributed by atoms with van der Waals surface area (Å²) in [6.45, 7) is 6.06. The Morgan fingerprint density at radius 1 is 0.750 bits per heavy atom. The molecule has 2 nitrogen and oxygen atoms in total. The highest BCUT2D eigenvalue weighted by Gasteiger charge is 2.18. The molecule has 0 N–H and O–H groups in total. The Labute approximate surface area is 101 Å². The van der Waals surface area contributed by atoms with Crippen molar-refractivity contribution in [2.45, 2.75) is 84.2 Å². The van der Waals surface area contributed by atoms with Crippen LogP contribution >= 0.6 is 0 Å². The average Bonchev–Trinajstić information content (AvgIpc) is 2.22. The summed E-state index contributed by atoms with van der Waals surface area (Å²) in [6.07, 6.45) is 12.7. The molecule has 1 rings (SSSR count). The van der Waals surface area contributed by atoms with Gasteiger partial charge in [-0.25, -0.2) is 9.78 Å². The van der Waals surface area contributed by atoms with Crippen molar-refractivity contribution in [1.29, 1.82) is 0 Å². The third-order valence-electron chi connectivity index (χ3n) is 2.82. The second-order valence-electron chi connectivity index (χ2n) is 5.79. The SMILES string of the molecule is CC(C)(C)OO[C]1CCCCCCCCC1. The standard InChI is InChI=1S/C14H27O2/c1-14(2,3)16-15-13-11-9-7-5-4-6-8-10-12-13/h4-12H2,1-3H3. The summed E-state index contributed by atoms with van der Waals surface area (Å²) >= 11 is 0. The summed E-state index contributed by atoms with van der Waals surface area (Å²) in [6, 6.07) is 0. The van der Waals surface area contributed by atoms with Crippen LogP contribution in [-0.4, -0.2) is 5.60 Å². The average molecular weight is 227 g/mol. The van der Waals surface area contributed by atoms with E-state index in [9.17, 15) is 0 Å².